The molecule has 0 spiro atoms. The molecule has 2 aromatic rings. The van der Waals surface area contributed by atoms with Crippen LogP contribution in [0.1, 0.15) is 35.1 Å². The number of benzene rings is 2. The molecule has 172 valence electrons. The second-order valence-corrected chi connectivity index (χ2v) is 8.70. The fraction of sp³-hybridized carbons (Fsp3) is 0.462. The molecular weight excluding hydrogens is 404 g/mol. The zero-order valence-electron chi connectivity index (χ0n) is 19.8. The van der Waals surface area contributed by atoms with Gasteiger partial charge in [0, 0.05) is 24.0 Å². The summed E-state index contributed by atoms with van der Waals surface area (Å²) in [5, 5.41) is 3.99. The molecule has 0 aromatic heterocycles. The Labute approximate surface area is 191 Å². The van der Waals surface area contributed by atoms with Gasteiger partial charge in [-0.05, 0) is 67.9 Å². The highest BCUT2D eigenvalue weighted by molar-refractivity contribution is 5.53. The maximum absolute atomic E-state index is 5.66. The molecule has 0 amide bonds. The summed E-state index contributed by atoms with van der Waals surface area (Å²) in [6, 6.07) is 11.2. The van der Waals surface area contributed by atoms with Crippen molar-refractivity contribution in [2.75, 3.05) is 42.5 Å². The molecule has 2 aliphatic rings. The topological polar surface area (TPSA) is 52.2 Å². The molecular formula is C26H34N2O4. The van der Waals surface area contributed by atoms with E-state index in [0.717, 1.165) is 35.8 Å². The number of allylic oxidation sites excluding steroid dienone is 1. The number of hydrogen-bond acceptors (Lipinski definition) is 6. The van der Waals surface area contributed by atoms with Crippen LogP contribution in [-0.4, -0.2) is 59.5 Å². The van der Waals surface area contributed by atoms with Crippen molar-refractivity contribution >= 4 is 0 Å². The molecule has 1 N–H and O–H groups in total. The molecule has 1 aliphatic carbocycles. The maximum Gasteiger partial charge on any atom is 0.161 e. The van der Waals surface area contributed by atoms with Crippen LogP contribution in [-0.2, 0) is 6.42 Å². The summed E-state index contributed by atoms with van der Waals surface area (Å²) in [4.78, 5) is 2.29. The monoisotopic (exact) mass is 438 g/mol. The lowest BCUT2D eigenvalue weighted by Gasteiger charge is -2.46. The van der Waals surface area contributed by atoms with Crippen LogP contribution in [0, 0.1) is 0 Å². The van der Waals surface area contributed by atoms with E-state index < -0.39 is 0 Å². The molecule has 1 aliphatic heterocycles. The van der Waals surface area contributed by atoms with Crippen molar-refractivity contribution in [3.05, 3.63) is 59.2 Å². The van der Waals surface area contributed by atoms with E-state index >= 15 is 0 Å². The van der Waals surface area contributed by atoms with Gasteiger partial charge in [0.15, 0.2) is 23.0 Å². The molecule has 6 nitrogen and oxygen atoms in total. The molecule has 0 saturated heterocycles. The van der Waals surface area contributed by atoms with Gasteiger partial charge in [0.25, 0.3) is 0 Å². The second kappa shape index (κ2) is 9.43. The summed E-state index contributed by atoms with van der Waals surface area (Å²) < 4.78 is 22.3. The molecule has 32 heavy (non-hydrogen) atoms. The highest BCUT2D eigenvalue weighted by Crippen LogP contribution is 2.45. The van der Waals surface area contributed by atoms with Gasteiger partial charge in [-0.1, -0.05) is 18.2 Å². The lowest BCUT2D eigenvalue weighted by molar-refractivity contribution is 0.208. The average molecular weight is 439 g/mol. The number of nitrogens with zero attached hydrogens (tertiary/aromatic N) is 1. The van der Waals surface area contributed by atoms with E-state index in [-0.39, 0.29) is 6.04 Å². The van der Waals surface area contributed by atoms with Gasteiger partial charge < -0.3 is 29.2 Å². The van der Waals surface area contributed by atoms with E-state index in [4.69, 9.17) is 18.9 Å². The van der Waals surface area contributed by atoms with Crippen molar-refractivity contribution in [1.29, 1.82) is 0 Å². The van der Waals surface area contributed by atoms with E-state index in [0.29, 0.717) is 18.0 Å². The van der Waals surface area contributed by atoms with E-state index in [1.54, 1.807) is 28.4 Å². The smallest absolute Gasteiger partial charge is 0.161 e. The average Bonchev–Trinajstić information content (AvgIpc) is 2.82. The Hall–Kier alpha value is -2.70. The molecule has 6 heteroatoms. The first-order chi connectivity index (χ1) is 15.5. The predicted octanol–water partition coefficient (Wildman–Crippen LogP) is 3.95. The van der Waals surface area contributed by atoms with Crippen molar-refractivity contribution in [3.8, 4) is 23.0 Å². The second-order valence-electron chi connectivity index (χ2n) is 8.70. The third-order valence-electron chi connectivity index (χ3n) is 6.77. The molecule has 4 atom stereocenters. The fourth-order valence-electron chi connectivity index (χ4n) is 5.17. The minimum absolute atomic E-state index is 0.137. The number of likely N-dealkylation sites (N-methyl/N-ethyl adjacent to an activating group) is 1. The summed E-state index contributed by atoms with van der Waals surface area (Å²) in [7, 11) is 11.0. The van der Waals surface area contributed by atoms with Gasteiger partial charge >= 0.3 is 0 Å². The first kappa shape index (κ1) is 22.5. The fourth-order valence-corrected chi connectivity index (χ4v) is 5.17. The van der Waals surface area contributed by atoms with Gasteiger partial charge in [-0.2, -0.15) is 0 Å². The minimum atomic E-state index is 0.137. The van der Waals surface area contributed by atoms with Crippen LogP contribution in [0.2, 0.25) is 0 Å². The molecule has 2 unspecified atom stereocenters. The summed E-state index contributed by atoms with van der Waals surface area (Å²) in [5.74, 6) is 3.42. The van der Waals surface area contributed by atoms with E-state index in [1.165, 1.54) is 16.7 Å². The van der Waals surface area contributed by atoms with Crippen LogP contribution in [0.25, 0.3) is 0 Å². The Bertz CT molecular complexity index is 988. The normalized spacial score (nSPS) is 24.0. The number of ether oxygens (including phenoxy) is 4. The van der Waals surface area contributed by atoms with Crippen LogP contribution in [0.5, 0.6) is 23.0 Å². The molecule has 4 rings (SSSR count). The lowest BCUT2D eigenvalue weighted by atomic mass is 9.73. The van der Waals surface area contributed by atoms with Crippen molar-refractivity contribution in [2.24, 2.45) is 0 Å². The molecule has 0 saturated carbocycles. The van der Waals surface area contributed by atoms with Gasteiger partial charge in [-0.25, -0.2) is 0 Å². The number of methoxy groups -OCH3 is 4. The molecule has 1 heterocycles. The number of hydrogen-bond donors (Lipinski definition) is 1. The number of nitrogens with one attached hydrogen (secondary N) is 1. The Kier molecular flexibility index (Phi) is 6.63. The van der Waals surface area contributed by atoms with Crippen LogP contribution < -0.4 is 24.3 Å². The van der Waals surface area contributed by atoms with Gasteiger partial charge in [0.05, 0.1) is 28.4 Å². The van der Waals surface area contributed by atoms with Crippen LogP contribution in [0.15, 0.2) is 42.5 Å². The highest BCUT2D eigenvalue weighted by Gasteiger charge is 2.40. The Morgan fingerprint density at radius 1 is 0.844 bits per heavy atom. The Morgan fingerprint density at radius 3 is 2.09 bits per heavy atom. The van der Waals surface area contributed by atoms with Crippen LogP contribution in [0.4, 0.5) is 0 Å². The maximum atomic E-state index is 5.66. The quantitative estimate of drug-likeness (QED) is 0.661. The zero-order chi connectivity index (χ0) is 22.8. The van der Waals surface area contributed by atoms with E-state index in [9.17, 15) is 0 Å². The van der Waals surface area contributed by atoms with Crippen molar-refractivity contribution in [3.63, 3.8) is 0 Å². The first-order valence-electron chi connectivity index (χ1n) is 11.1. The van der Waals surface area contributed by atoms with Gasteiger partial charge in [0.1, 0.15) is 0 Å². The van der Waals surface area contributed by atoms with E-state index in [2.05, 4.69) is 60.7 Å². The summed E-state index contributed by atoms with van der Waals surface area (Å²) in [6.45, 7) is 0. The van der Waals surface area contributed by atoms with Crippen molar-refractivity contribution in [1.82, 2.24) is 10.2 Å². The third kappa shape index (κ3) is 4.05. The van der Waals surface area contributed by atoms with Crippen LogP contribution in [0.3, 0.4) is 0 Å². The molecule has 0 fully saturated rings. The standard InChI is InChI=1S/C26H34N2O4/c1-28(2)21-9-7-8-17-18-14-24(31-5)25(32-6)15-19(18)20(27-26(17)21)12-16-10-11-22(29-3)23(13-16)30-4/h7,9-11,13-15,17,20-21,26-27H,8,12H2,1-6H3/t17-,20?,21-,26?/m0/s1. The largest absolute Gasteiger partial charge is 0.493 e. The summed E-state index contributed by atoms with van der Waals surface area (Å²) in [6.07, 6.45) is 6.47. The third-order valence-corrected chi connectivity index (χ3v) is 6.77. The minimum Gasteiger partial charge on any atom is -0.493 e. The van der Waals surface area contributed by atoms with Gasteiger partial charge in [-0.3, -0.25) is 0 Å². The van der Waals surface area contributed by atoms with Gasteiger partial charge in [-0.15, -0.1) is 0 Å². The SMILES string of the molecule is COc1ccc(CC2NC3[C@@H](CC=C[C@@H]3N(C)C)c3cc(OC)c(OC)cc32)cc1OC. The highest BCUT2D eigenvalue weighted by atomic mass is 16.5. The number of rotatable bonds is 7. The van der Waals surface area contributed by atoms with Crippen LogP contribution >= 0.6 is 0 Å². The molecule has 0 bridgehead atoms. The summed E-state index contributed by atoms with van der Waals surface area (Å²) in [5.41, 5.74) is 3.80. The summed E-state index contributed by atoms with van der Waals surface area (Å²) >= 11 is 0. The van der Waals surface area contributed by atoms with E-state index in [1.807, 2.05) is 6.07 Å². The molecule has 2 aromatic carbocycles. The predicted molar refractivity (Wildman–Crippen MR) is 126 cm³/mol. The molecule has 0 radical (unpaired) electrons. The zero-order valence-corrected chi connectivity index (χ0v) is 19.8. The van der Waals surface area contributed by atoms with Crippen molar-refractivity contribution in [2.45, 2.75) is 36.9 Å². The first-order valence-corrected chi connectivity index (χ1v) is 11.1. The Balaban J connectivity index is 1.77. The number of fused-ring (bicyclic) bond motifs is 3. The Morgan fingerprint density at radius 2 is 1.47 bits per heavy atom. The van der Waals surface area contributed by atoms with Crippen molar-refractivity contribution < 1.29 is 18.9 Å². The van der Waals surface area contributed by atoms with Gasteiger partial charge in [0.2, 0.25) is 0 Å². The lowest BCUT2D eigenvalue weighted by Crippen LogP contribution is -2.55.